The number of hydrogen-bond donors (Lipinski definition) is 2. The molecule has 19 heavy (non-hydrogen) atoms. The molecule has 5 heteroatoms. The highest BCUT2D eigenvalue weighted by Gasteiger charge is 2.17. The van der Waals surface area contributed by atoms with Crippen molar-refractivity contribution >= 4 is 17.7 Å². The van der Waals surface area contributed by atoms with E-state index < -0.39 is 5.97 Å². The smallest absolute Gasteiger partial charge is 0.337 e. The fourth-order valence-corrected chi connectivity index (χ4v) is 1.79. The van der Waals surface area contributed by atoms with Gasteiger partial charge in [0.1, 0.15) is 0 Å². The summed E-state index contributed by atoms with van der Waals surface area (Å²) in [7, 11) is 1.71. The summed E-state index contributed by atoms with van der Waals surface area (Å²) >= 11 is 0. The van der Waals surface area contributed by atoms with Gasteiger partial charge in [-0.25, -0.2) is 9.59 Å². The molecule has 0 aliphatic carbocycles. The van der Waals surface area contributed by atoms with Gasteiger partial charge in [0.2, 0.25) is 0 Å². The molecular weight excluding hydrogens is 244 g/mol. The molecule has 0 aromatic heterocycles. The van der Waals surface area contributed by atoms with Crippen LogP contribution in [0.4, 0.5) is 10.5 Å². The molecule has 2 amide bonds. The van der Waals surface area contributed by atoms with Crippen molar-refractivity contribution in [1.82, 2.24) is 4.90 Å². The number of amides is 2. The van der Waals surface area contributed by atoms with E-state index in [1.165, 1.54) is 6.07 Å². The molecule has 0 fully saturated rings. The second-order valence-corrected chi connectivity index (χ2v) is 4.53. The van der Waals surface area contributed by atoms with Crippen LogP contribution in [-0.2, 0) is 0 Å². The molecule has 0 radical (unpaired) electrons. The van der Waals surface area contributed by atoms with Crippen molar-refractivity contribution in [2.75, 3.05) is 12.4 Å². The van der Waals surface area contributed by atoms with E-state index in [0.717, 1.165) is 12.8 Å². The first kappa shape index (κ1) is 15.0. The van der Waals surface area contributed by atoms with Gasteiger partial charge in [0.25, 0.3) is 0 Å². The first-order valence-corrected chi connectivity index (χ1v) is 6.33. The normalized spacial score (nSPS) is 11.7. The number of urea groups is 1. The second-order valence-electron chi connectivity index (χ2n) is 4.53. The lowest BCUT2D eigenvalue weighted by Crippen LogP contribution is -2.38. The molecule has 0 aliphatic heterocycles. The Kier molecular flexibility index (Phi) is 5.36. The Hall–Kier alpha value is -2.04. The predicted octanol–water partition coefficient (Wildman–Crippen LogP) is 3.04. The fourth-order valence-electron chi connectivity index (χ4n) is 1.79. The van der Waals surface area contributed by atoms with Gasteiger partial charge in [-0.3, -0.25) is 0 Å². The molecule has 1 unspecified atom stereocenters. The van der Waals surface area contributed by atoms with Gasteiger partial charge < -0.3 is 15.3 Å². The van der Waals surface area contributed by atoms with Gasteiger partial charge >= 0.3 is 12.0 Å². The van der Waals surface area contributed by atoms with Crippen LogP contribution < -0.4 is 5.32 Å². The van der Waals surface area contributed by atoms with Gasteiger partial charge in [0.15, 0.2) is 0 Å². The average molecular weight is 264 g/mol. The van der Waals surface area contributed by atoms with Crippen LogP contribution in [0.25, 0.3) is 0 Å². The average Bonchev–Trinajstić information content (AvgIpc) is 2.38. The Labute approximate surface area is 113 Å². The Bertz CT molecular complexity index is 460. The lowest BCUT2D eigenvalue weighted by Gasteiger charge is -2.25. The molecule has 0 saturated carbocycles. The maximum Gasteiger partial charge on any atom is 0.337 e. The largest absolute Gasteiger partial charge is 0.478 e. The topological polar surface area (TPSA) is 69.6 Å². The van der Waals surface area contributed by atoms with Crippen LogP contribution in [0.1, 0.15) is 37.0 Å². The summed E-state index contributed by atoms with van der Waals surface area (Å²) in [5.41, 5.74) is 0.406. The van der Waals surface area contributed by atoms with Crippen LogP contribution in [0.2, 0.25) is 0 Å². The number of carbonyl (C=O) groups is 2. The van der Waals surface area contributed by atoms with Crippen LogP contribution in [-0.4, -0.2) is 35.1 Å². The molecule has 0 saturated heterocycles. The van der Waals surface area contributed by atoms with Crippen LogP contribution in [0, 0.1) is 0 Å². The van der Waals surface area contributed by atoms with Crippen LogP contribution >= 0.6 is 0 Å². The van der Waals surface area contributed by atoms with E-state index in [-0.39, 0.29) is 17.6 Å². The Balaban J connectivity index is 2.80. The molecule has 1 rings (SSSR count). The number of carboxylic acids is 1. The van der Waals surface area contributed by atoms with Crippen molar-refractivity contribution in [1.29, 1.82) is 0 Å². The van der Waals surface area contributed by atoms with Crippen molar-refractivity contribution in [3.63, 3.8) is 0 Å². The maximum atomic E-state index is 12.0. The molecule has 0 aliphatic rings. The third-order valence-corrected chi connectivity index (χ3v) is 3.09. The van der Waals surface area contributed by atoms with Crippen molar-refractivity contribution in [2.45, 2.75) is 32.7 Å². The lowest BCUT2D eigenvalue weighted by atomic mass is 10.1. The minimum Gasteiger partial charge on any atom is -0.478 e. The maximum absolute atomic E-state index is 12.0. The Morgan fingerprint density at radius 1 is 1.37 bits per heavy atom. The van der Waals surface area contributed by atoms with Crippen molar-refractivity contribution < 1.29 is 14.7 Å². The summed E-state index contributed by atoms with van der Waals surface area (Å²) in [4.78, 5) is 24.7. The third-order valence-electron chi connectivity index (χ3n) is 3.09. The van der Waals surface area contributed by atoms with Crippen molar-refractivity contribution in [2.24, 2.45) is 0 Å². The lowest BCUT2D eigenvalue weighted by molar-refractivity contribution is 0.0698. The van der Waals surface area contributed by atoms with Crippen LogP contribution in [0.3, 0.4) is 0 Å². The molecule has 5 nitrogen and oxygen atoms in total. The summed E-state index contributed by atoms with van der Waals surface area (Å²) in [6.07, 6.45) is 1.90. The van der Waals surface area contributed by atoms with Crippen molar-refractivity contribution in [3.05, 3.63) is 29.8 Å². The summed E-state index contributed by atoms with van der Waals surface area (Å²) in [5.74, 6) is -1.06. The molecule has 1 aromatic carbocycles. The molecule has 2 N–H and O–H groups in total. The number of nitrogens with zero attached hydrogens (tertiary/aromatic N) is 1. The van der Waals surface area contributed by atoms with Gasteiger partial charge in [-0.2, -0.15) is 0 Å². The minimum absolute atomic E-state index is 0.0902. The third kappa shape index (κ3) is 3.98. The zero-order chi connectivity index (χ0) is 14.4. The van der Waals surface area contributed by atoms with Gasteiger partial charge in [-0.1, -0.05) is 25.5 Å². The minimum atomic E-state index is -1.06. The van der Waals surface area contributed by atoms with E-state index in [1.807, 2.05) is 6.92 Å². The number of rotatable bonds is 5. The number of carboxylic acid groups (broad SMARTS) is 1. The van der Waals surface area contributed by atoms with Gasteiger partial charge in [0.05, 0.1) is 11.3 Å². The summed E-state index contributed by atoms with van der Waals surface area (Å²) in [6.45, 7) is 4.02. The highest BCUT2D eigenvalue weighted by molar-refractivity contribution is 5.99. The summed E-state index contributed by atoms with van der Waals surface area (Å²) < 4.78 is 0. The molecule has 0 heterocycles. The molecule has 0 bridgehead atoms. The first-order chi connectivity index (χ1) is 8.97. The van der Waals surface area contributed by atoms with Gasteiger partial charge in [-0.15, -0.1) is 0 Å². The highest BCUT2D eigenvalue weighted by Crippen LogP contribution is 2.16. The summed E-state index contributed by atoms with van der Waals surface area (Å²) in [5, 5.41) is 11.7. The predicted molar refractivity (Wildman–Crippen MR) is 74.6 cm³/mol. The van der Waals surface area contributed by atoms with Gasteiger partial charge in [0, 0.05) is 13.1 Å². The molecule has 104 valence electrons. The SMILES string of the molecule is CCCC(C)N(C)C(=O)Nc1ccccc1C(=O)O. The quantitative estimate of drug-likeness (QED) is 0.858. The Morgan fingerprint density at radius 3 is 2.58 bits per heavy atom. The van der Waals surface area contributed by atoms with E-state index in [1.54, 1.807) is 30.1 Å². The second kappa shape index (κ2) is 6.78. The van der Waals surface area contributed by atoms with E-state index in [2.05, 4.69) is 12.2 Å². The zero-order valence-electron chi connectivity index (χ0n) is 11.5. The number of carbonyl (C=O) groups excluding carboxylic acids is 1. The number of anilines is 1. The highest BCUT2D eigenvalue weighted by atomic mass is 16.4. The van der Waals surface area contributed by atoms with E-state index >= 15 is 0 Å². The number of para-hydroxylation sites is 1. The van der Waals surface area contributed by atoms with E-state index in [0.29, 0.717) is 5.69 Å². The summed E-state index contributed by atoms with van der Waals surface area (Å²) in [6, 6.07) is 6.18. The first-order valence-electron chi connectivity index (χ1n) is 6.33. The number of benzene rings is 1. The number of aromatic carboxylic acids is 1. The molecule has 1 aromatic rings. The van der Waals surface area contributed by atoms with Crippen LogP contribution in [0.15, 0.2) is 24.3 Å². The molecule has 0 spiro atoms. The standard InChI is InChI=1S/C14H20N2O3/c1-4-7-10(2)16(3)14(19)15-12-9-6-5-8-11(12)13(17)18/h5-6,8-10H,4,7H2,1-3H3,(H,15,19)(H,17,18). The monoisotopic (exact) mass is 264 g/mol. The Morgan fingerprint density at radius 2 is 2.00 bits per heavy atom. The van der Waals surface area contributed by atoms with E-state index in [9.17, 15) is 9.59 Å². The molecule has 1 atom stereocenters. The van der Waals surface area contributed by atoms with Crippen molar-refractivity contribution in [3.8, 4) is 0 Å². The molecular formula is C14H20N2O3. The zero-order valence-corrected chi connectivity index (χ0v) is 11.5. The number of hydrogen-bond acceptors (Lipinski definition) is 2. The van der Waals surface area contributed by atoms with Crippen LogP contribution in [0.5, 0.6) is 0 Å². The van der Waals surface area contributed by atoms with Gasteiger partial charge in [-0.05, 0) is 25.5 Å². The fraction of sp³-hybridized carbons (Fsp3) is 0.429. The number of nitrogens with one attached hydrogen (secondary N) is 1. The van der Waals surface area contributed by atoms with E-state index in [4.69, 9.17) is 5.11 Å².